The van der Waals surface area contributed by atoms with Crippen LogP contribution in [0.25, 0.3) is 0 Å². The lowest BCUT2D eigenvalue weighted by atomic mass is 10.1. The highest BCUT2D eigenvalue weighted by atomic mass is 16.5. The van der Waals surface area contributed by atoms with Crippen molar-refractivity contribution in [1.82, 2.24) is 14.3 Å². The smallest absolute Gasteiger partial charge is 0.346 e. The normalized spacial score (nSPS) is 19.4. The highest BCUT2D eigenvalue weighted by molar-refractivity contribution is 5.98. The molecule has 1 aromatic carbocycles. The van der Waals surface area contributed by atoms with E-state index in [0.29, 0.717) is 25.3 Å². The second-order valence-corrected chi connectivity index (χ2v) is 7.41. The van der Waals surface area contributed by atoms with Crippen LogP contribution < -0.4 is 10.6 Å². The van der Waals surface area contributed by atoms with Crippen LogP contribution in [0.4, 0.5) is 5.69 Å². The lowest BCUT2D eigenvalue weighted by Crippen LogP contribution is -2.46. The summed E-state index contributed by atoms with van der Waals surface area (Å²) in [6.07, 6.45) is 3.08. The SMILES string of the molecule is Cc1ccc(N2CCCC(OC(=O)Cn3nc4n(c3=O)CCCC4)C2=O)cc1. The number of rotatable bonds is 4. The Balaban J connectivity index is 1.43. The number of ether oxygens (including phenoxy) is 1. The fraction of sp³-hybridized carbons (Fsp3) is 0.500. The number of aryl methyl sites for hydroxylation is 2. The number of carbonyl (C=O) groups excluding carboxylic acids is 2. The molecule has 0 spiro atoms. The number of aromatic nitrogens is 3. The van der Waals surface area contributed by atoms with E-state index in [1.165, 1.54) is 0 Å². The summed E-state index contributed by atoms with van der Waals surface area (Å²) in [5.41, 5.74) is 1.63. The van der Waals surface area contributed by atoms with Crippen LogP contribution >= 0.6 is 0 Å². The second-order valence-electron chi connectivity index (χ2n) is 7.41. The predicted molar refractivity (Wildman–Crippen MR) is 102 cm³/mol. The van der Waals surface area contributed by atoms with E-state index in [9.17, 15) is 14.4 Å². The maximum absolute atomic E-state index is 12.8. The molecule has 1 saturated heterocycles. The van der Waals surface area contributed by atoms with E-state index in [2.05, 4.69) is 5.10 Å². The molecule has 8 nitrogen and oxygen atoms in total. The van der Waals surface area contributed by atoms with Crippen molar-refractivity contribution in [3.05, 3.63) is 46.1 Å². The first kappa shape index (κ1) is 18.5. The van der Waals surface area contributed by atoms with Gasteiger partial charge in [-0.1, -0.05) is 17.7 Å². The summed E-state index contributed by atoms with van der Waals surface area (Å²) in [6, 6.07) is 7.69. The number of benzene rings is 1. The number of fused-ring (bicyclic) bond motifs is 1. The molecular formula is C20H24N4O4. The molecule has 8 heteroatoms. The average molecular weight is 384 g/mol. The maximum atomic E-state index is 12.8. The van der Waals surface area contributed by atoms with Crippen molar-refractivity contribution in [2.75, 3.05) is 11.4 Å². The van der Waals surface area contributed by atoms with Gasteiger partial charge in [-0.3, -0.25) is 14.2 Å². The quantitative estimate of drug-likeness (QED) is 0.745. The summed E-state index contributed by atoms with van der Waals surface area (Å²) in [5.74, 6) is -0.120. The van der Waals surface area contributed by atoms with Crippen LogP contribution in [0.1, 0.15) is 37.1 Å². The van der Waals surface area contributed by atoms with Crippen LogP contribution in [-0.2, 0) is 33.8 Å². The standard InChI is InChI=1S/C20H24N4O4/c1-14-7-9-15(10-8-14)22-12-4-5-16(19(22)26)28-18(25)13-24-20(27)23-11-3-2-6-17(23)21-24/h7-10,16H,2-6,11-13H2,1H3. The van der Waals surface area contributed by atoms with Crippen LogP contribution in [-0.4, -0.2) is 38.9 Å². The molecule has 1 aromatic heterocycles. The number of piperidine rings is 1. The van der Waals surface area contributed by atoms with Gasteiger partial charge in [-0.15, -0.1) is 0 Å². The number of nitrogens with zero attached hydrogens (tertiary/aromatic N) is 4. The molecule has 28 heavy (non-hydrogen) atoms. The van der Waals surface area contributed by atoms with Crippen molar-refractivity contribution in [1.29, 1.82) is 0 Å². The number of hydrogen-bond donors (Lipinski definition) is 0. The van der Waals surface area contributed by atoms with Gasteiger partial charge in [0.2, 0.25) is 0 Å². The minimum Gasteiger partial charge on any atom is -0.451 e. The molecular weight excluding hydrogens is 360 g/mol. The zero-order valence-electron chi connectivity index (χ0n) is 16.0. The fourth-order valence-corrected chi connectivity index (χ4v) is 3.80. The molecule has 1 atom stereocenters. The van der Waals surface area contributed by atoms with Crippen LogP contribution in [0.5, 0.6) is 0 Å². The largest absolute Gasteiger partial charge is 0.451 e. The van der Waals surface area contributed by atoms with E-state index in [0.717, 1.165) is 41.6 Å². The minimum atomic E-state index is -0.824. The Kier molecular flexibility index (Phi) is 5.02. The van der Waals surface area contributed by atoms with Crippen molar-refractivity contribution in [2.45, 2.75) is 58.2 Å². The number of esters is 1. The number of anilines is 1. The molecule has 2 aliphatic heterocycles. The van der Waals surface area contributed by atoms with E-state index in [1.807, 2.05) is 31.2 Å². The second kappa shape index (κ2) is 7.61. The van der Waals surface area contributed by atoms with Crippen LogP contribution in [0, 0.1) is 6.92 Å². The molecule has 0 bridgehead atoms. The van der Waals surface area contributed by atoms with Gasteiger partial charge in [0.1, 0.15) is 12.4 Å². The highest BCUT2D eigenvalue weighted by Gasteiger charge is 2.33. The Labute approximate surface area is 162 Å². The molecule has 1 unspecified atom stereocenters. The zero-order valence-corrected chi connectivity index (χ0v) is 16.0. The Hall–Kier alpha value is -2.90. The summed E-state index contributed by atoms with van der Waals surface area (Å²) >= 11 is 0. The van der Waals surface area contributed by atoms with Crippen molar-refractivity contribution in [3.8, 4) is 0 Å². The molecule has 4 rings (SSSR count). The third-order valence-electron chi connectivity index (χ3n) is 5.32. The Morgan fingerprint density at radius 2 is 1.93 bits per heavy atom. The van der Waals surface area contributed by atoms with Gasteiger partial charge in [-0.05, 0) is 44.7 Å². The van der Waals surface area contributed by atoms with Crippen molar-refractivity contribution in [3.63, 3.8) is 0 Å². The summed E-state index contributed by atoms with van der Waals surface area (Å²) in [7, 11) is 0. The van der Waals surface area contributed by atoms with Crippen molar-refractivity contribution in [2.24, 2.45) is 0 Å². The molecule has 2 aliphatic rings. The third kappa shape index (κ3) is 3.58. The molecule has 2 aromatic rings. The molecule has 1 amide bonds. The summed E-state index contributed by atoms with van der Waals surface area (Å²) in [4.78, 5) is 39.2. The van der Waals surface area contributed by atoms with Crippen LogP contribution in [0.3, 0.4) is 0 Å². The topological polar surface area (TPSA) is 86.4 Å². The van der Waals surface area contributed by atoms with Gasteiger partial charge in [0, 0.05) is 25.2 Å². The van der Waals surface area contributed by atoms with Gasteiger partial charge < -0.3 is 9.64 Å². The lowest BCUT2D eigenvalue weighted by Gasteiger charge is -2.32. The minimum absolute atomic E-state index is 0.222. The van der Waals surface area contributed by atoms with Gasteiger partial charge in [0.25, 0.3) is 5.91 Å². The Morgan fingerprint density at radius 3 is 2.68 bits per heavy atom. The number of amides is 1. The fourth-order valence-electron chi connectivity index (χ4n) is 3.80. The molecule has 3 heterocycles. The van der Waals surface area contributed by atoms with E-state index < -0.39 is 12.1 Å². The van der Waals surface area contributed by atoms with Gasteiger partial charge in [0.15, 0.2) is 6.10 Å². The van der Waals surface area contributed by atoms with Crippen molar-refractivity contribution >= 4 is 17.6 Å². The summed E-state index contributed by atoms with van der Waals surface area (Å²) < 4.78 is 8.19. The Morgan fingerprint density at radius 1 is 1.14 bits per heavy atom. The zero-order chi connectivity index (χ0) is 19.7. The first-order chi connectivity index (χ1) is 13.5. The third-order valence-corrected chi connectivity index (χ3v) is 5.32. The van der Waals surface area contributed by atoms with Crippen LogP contribution in [0.15, 0.2) is 29.1 Å². The number of hydrogen-bond acceptors (Lipinski definition) is 5. The first-order valence-electron chi connectivity index (χ1n) is 9.77. The van der Waals surface area contributed by atoms with Gasteiger partial charge in [0.05, 0.1) is 0 Å². The molecule has 1 fully saturated rings. The average Bonchev–Trinajstić information content (AvgIpc) is 3.00. The van der Waals surface area contributed by atoms with Crippen LogP contribution in [0.2, 0.25) is 0 Å². The first-order valence-corrected chi connectivity index (χ1v) is 9.77. The molecule has 0 radical (unpaired) electrons. The van der Waals surface area contributed by atoms with Gasteiger partial charge >= 0.3 is 11.7 Å². The summed E-state index contributed by atoms with van der Waals surface area (Å²) in [6.45, 7) is 2.95. The van der Waals surface area contributed by atoms with Gasteiger partial charge in [-0.2, -0.15) is 5.10 Å². The summed E-state index contributed by atoms with van der Waals surface area (Å²) in [5, 5.41) is 4.24. The maximum Gasteiger partial charge on any atom is 0.346 e. The van der Waals surface area contributed by atoms with E-state index >= 15 is 0 Å². The van der Waals surface area contributed by atoms with Gasteiger partial charge in [-0.25, -0.2) is 9.48 Å². The Bertz CT molecular complexity index is 944. The van der Waals surface area contributed by atoms with E-state index in [1.54, 1.807) is 9.47 Å². The monoisotopic (exact) mass is 384 g/mol. The molecule has 0 saturated carbocycles. The molecule has 0 N–H and O–H groups in total. The number of carbonyl (C=O) groups is 2. The molecule has 148 valence electrons. The van der Waals surface area contributed by atoms with E-state index in [4.69, 9.17) is 4.74 Å². The highest BCUT2D eigenvalue weighted by Crippen LogP contribution is 2.23. The predicted octanol–water partition coefficient (Wildman–Crippen LogP) is 1.43. The van der Waals surface area contributed by atoms with E-state index in [-0.39, 0.29) is 18.1 Å². The van der Waals surface area contributed by atoms with Crippen molar-refractivity contribution < 1.29 is 14.3 Å². The lowest BCUT2D eigenvalue weighted by molar-refractivity contribution is -0.157. The molecule has 0 aliphatic carbocycles.